The number of imide groups is 1. The van der Waals surface area contributed by atoms with E-state index >= 15 is 0 Å². The molecule has 0 aliphatic carbocycles. The second-order valence-corrected chi connectivity index (χ2v) is 6.62. The molecule has 6 nitrogen and oxygen atoms in total. The molecule has 6 heteroatoms. The molecule has 1 aliphatic rings. The van der Waals surface area contributed by atoms with Crippen molar-refractivity contribution in [3.63, 3.8) is 0 Å². The molecule has 1 unspecified atom stereocenters. The summed E-state index contributed by atoms with van der Waals surface area (Å²) in [6, 6.07) is 2.88. The summed E-state index contributed by atoms with van der Waals surface area (Å²) in [5.41, 5.74) is 1.93. The maximum Gasteiger partial charge on any atom is 0.252 e. The Kier molecular flexibility index (Phi) is 8.68. The van der Waals surface area contributed by atoms with Gasteiger partial charge in [0.15, 0.2) is 0 Å². The number of hydrogen-bond acceptors (Lipinski definition) is 4. The van der Waals surface area contributed by atoms with E-state index in [4.69, 9.17) is 0 Å². The number of carbonyl (C=O) groups is 3. The number of carbonyl (C=O) groups excluding carboxylic acids is 3. The van der Waals surface area contributed by atoms with Crippen LogP contribution in [-0.4, -0.2) is 28.7 Å². The quantitative estimate of drug-likeness (QED) is 0.639. The van der Waals surface area contributed by atoms with Gasteiger partial charge >= 0.3 is 0 Å². The summed E-state index contributed by atoms with van der Waals surface area (Å²) in [5, 5.41) is 4.89. The molecular formula is C20H29N3O3. The van der Waals surface area contributed by atoms with E-state index in [-0.39, 0.29) is 18.2 Å². The zero-order valence-corrected chi connectivity index (χ0v) is 16.3. The van der Waals surface area contributed by atoms with Crippen LogP contribution < -0.4 is 10.6 Å². The maximum atomic E-state index is 12.4. The topological polar surface area (TPSA) is 88.2 Å². The van der Waals surface area contributed by atoms with Crippen molar-refractivity contribution in [2.45, 2.75) is 59.9 Å². The number of piperidine rings is 1. The fraction of sp³-hybridized carbons (Fsp3) is 0.500. The summed E-state index contributed by atoms with van der Waals surface area (Å²) < 4.78 is 0. The third-order valence-electron chi connectivity index (χ3n) is 4.19. The number of allylic oxidation sites excluding steroid dienone is 1. The van der Waals surface area contributed by atoms with Gasteiger partial charge in [-0.25, -0.2) is 0 Å². The lowest BCUT2D eigenvalue weighted by Crippen LogP contribution is -2.52. The highest BCUT2D eigenvalue weighted by molar-refractivity contribution is 6.20. The monoisotopic (exact) mass is 359 g/mol. The van der Waals surface area contributed by atoms with E-state index in [0.717, 1.165) is 17.2 Å². The lowest BCUT2D eigenvalue weighted by atomic mass is 10.0. The van der Waals surface area contributed by atoms with Gasteiger partial charge in [-0.3, -0.25) is 24.7 Å². The van der Waals surface area contributed by atoms with E-state index in [2.05, 4.69) is 36.4 Å². The van der Waals surface area contributed by atoms with Crippen molar-refractivity contribution in [3.8, 4) is 0 Å². The van der Waals surface area contributed by atoms with Crippen LogP contribution in [-0.2, 0) is 14.4 Å². The van der Waals surface area contributed by atoms with Gasteiger partial charge < -0.3 is 5.32 Å². The lowest BCUT2D eigenvalue weighted by molar-refractivity contribution is -0.136. The molecule has 1 fully saturated rings. The Hall–Kier alpha value is -2.50. The van der Waals surface area contributed by atoms with Crippen LogP contribution in [0.5, 0.6) is 0 Å². The number of nitrogens with one attached hydrogen (secondary N) is 2. The Bertz CT molecular complexity index is 681. The zero-order valence-electron chi connectivity index (χ0n) is 16.3. The first-order valence-corrected chi connectivity index (χ1v) is 9.02. The highest BCUT2D eigenvalue weighted by Crippen LogP contribution is 2.18. The van der Waals surface area contributed by atoms with Gasteiger partial charge in [-0.05, 0) is 32.3 Å². The predicted molar refractivity (Wildman–Crippen MR) is 102 cm³/mol. The minimum absolute atomic E-state index is 0.230. The second kappa shape index (κ2) is 10.5. The van der Waals surface area contributed by atoms with Crippen LogP contribution in [0.3, 0.4) is 0 Å². The standard InChI is InChI=1S/C15H17N3O3.C5H12/c1-3-10(11-5-4-8-16-9(11)2)14(20)17-12-6-7-13(19)18-15(12)21;1-4-5(2)3/h3-5,8,12H,6-7H2,1-2H3,(H,17,20)(H,18,19,21);5H,4H2,1-3H3/b10-3+;. The van der Waals surface area contributed by atoms with E-state index in [1.165, 1.54) is 6.42 Å². The summed E-state index contributed by atoms with van der Waals surface area (Å²) in [7, 11) is 0. The molecule has 0 saturated carbocycles. The molecule has 1 atom stereocenters. The Morgan fingerprint density at radius 3 is 2.58 bits per heavy atom. The average molecular weight is 359 g/mol. The number of nitrogens with zero attached hydrogens (tertiary/aromatic N) is 1. The number of hydrogen-bond donors (Lipinski definition) is 2. The minimum Gasteiger partial charge on any atom is -0.340 e. The molecule has 2 heterocycles. The largest absolute Gasteiger partial charge is 0.340 e. The molecule has 0 spiro atoms. The van der Waals surface area contributed by atoms with Crippen LogP contribution in [0.4, 0.5) is 0 Å². The summed E-state index contributed by atoms with van der Waals surface area (Å²) >= 11 is 0. The number of pyridine rings is 1. The Morgan fingerprint density at radius 2 is 2.08 bits per heavy atom. The van der Waals surface area contributed by atoms with Gasteiger partial charge in [0.1, 0.15) is 6.04 Å². The van der Waals surface area contributed by atoms with Crippen LogP contribution in [0, 0.1) is 12.8 Å². The van der Waals surface area contributed by atoms with Crippen LogP contribution >= 0.6 is 0 Å². The van der Waals surface area contributed by atoms with Crippen molar-refractivity contribution >= 4 is 23.3 Å². The van der Waals surface area contributed by atoms with Gasteiger partial charge in [0, 0.05) is 29.4 Å². The molecule has 0 bridgehead atoms. The molecule has 0 aromatic carbocycles. The highest BCUT2D eigenvalue weighted by atomic mass is 16.2. The van der Waals surface area contributed by atoms with Gasteiger partial charge in [-0.2, -0.15) is 0 Å². The zero-order chi connectivity index (χ0) is 19.7. The Balaban J connectivity index is 0.000000597. The third-order valence-corrected chi connectivity index (χ3v) is 4.19. The molecule has 1 aromatic heterocycles. The third kappa shape index (κ3) is 6.43. The van der Waals surface area contributed by atoms with Gasteiger partial charge in [0.25, 0.3) is 5.91 Å². The van der Waals surface area contributed by atoms with E-state index in [1.54, 1.807) is 25.3 Å². The summed E-state index contributed by atoms with van der Waals surface area (Å²) in [6.45, 7) is 10.2. The van der Waals surface area contributed by atoms with E-state index in [9.17, 15) is 14.4 Å². The molecule has 0 radical (unpaired) electrons. The fourth-order valence-corrected chi connectivity index (χ4v) is 2.25. The van der Waals surface area contributed by atoms with Crippen LogP contribution in [0.1, 0.15) is 58.2 Å². The SMILES string of the molecule is C/C=C(/C(=O)NC1CCC(=O)NC1=O)c1cccnc1C.CCC(C)C. The predicted octanol–water partition coefficient (Wildman–Crippen LogP) is 2.77. The average Bonchev–Trinajstić information content (AvgIpc) is 2.60. The van der Waals surface area contributed by atoms with Crippen molar-refractivity contribution in [2.75, 3.05) is 0 Å². The minimum atomic E-state index is -0.679. The molecular weight excluding hydrogens is 330 g/mol. The summed E-state index contributed by atoms with van der Waals surface area (Å²) in [4.78, 5) is 39.3. The van der Waals surface area contributed by atoms with Gasteiger partial charge in [-0.1, -0.05) is 39.3 Å². The van der Waals surface area contributed by atoms with E-state index in [0.29, 0.717) is 12.0 Å². The molecule has 2 N–H and O–H groups in total. The maximum absolute atomic E-state index is 12.4. The fourth-order valence-electron chi connectivity index (χ4n) is 2.25. The van der Waals surface area contributed by atoms with Crippen LogP contribution in [0.15, 0.2) is 24.4 Å². The Morgan fingerprint density at radius 1 is 1.42 bits per heavy atom. The number of rotatable bonds is 4. The number of aromatic nitrogens is 1. The molecule has 1 aliphatic heterocycles. The van der Waals surface area contributed by atoms with Crippen molar-refractivity contribution in [1.82, 2.24) is 15.6 Å². The van der Waals surface area contributed by atoms with E-state index in [1.807, 2.05) is 13.0 Å². The summed E-state index contributed by atoms with van der Waals surface area (Å²) in [5.74, 6) is -0.226. The second-order valence-electron chi connectivity index (χ2n) is 6.62. The number of aryl methyl sites for hydroxylation is 1. The van der Waals surface area contributed by atoms with Gasteiger partial charge in [0.05, 0.1) is 0 Å². The summed E-state index contributed by atoms with van der Waals surface area (Å²) in [6.07, 6.45) is 5.20. The van der Waals surface area contributed by atoms with Crippen molar-refractivity contribution < 1.29 is 14.4 Å². The highest BCUT2D eigenvalue weighted by Gasteiger charge is 2.28. The molecule has 142 valence electrons. The Labute approximate surface area is 155 Å². The van der Waals surface area contributed by atoms with Crippen molar-refractivity contribution in [2.24, 2.45) is 5.92 Å². The van der Waals surface area contributed by atoms with Crippen molar-refractivity contribution in [1.29, 1.82) is 0 Å². The first-order valence-electron chi connectivity index (χ1n) is 9.02. The smallest absolute Gasteiger partial charge is 0.252 e. The van der Waals surface area contributed by atoms with Gasteiger partial charge in [-0.15, -0.1) is 0 Å². The molecule has 3 amide bonds. The van der Waals surface area contributed by atoms with E-state index < -0.39 is 11.9 Å². The van der Waals surface area contributed by atoms with Crippen molar-refractivity contribution in [3.05, 3.63) is 35.7 Å². The van der Waals surface area contributed by atoms with Crippen LogP contribution in [0.2, 0.25) is 0 Å². The van der Waals surface area contributed by atoms with Gasteiger partial charge in [0.2, 0.25) is 11.8 Å². The van der Waals surface area contributed by atoms with Crippen LogP contribution in [0.25, 0.3) is 5.57 Å². The first kappa shape index (κ1) is 21.5. The molecule has 1 saturated heterocycles. The lowest BCUT2D eigenvalue weighted by Gasteiger charge is -2.22. The molecule has 26 heavy (non-hydrogen) atoms. The normalized spacial score (nSPS) is 17.3. The first-order chi connectivity index (χ1) is 12.3. The molecule has 2 rings (SSSR count). The number of amides is 3. The molecule has 1 aromatic rings.